The van der Waals surface area contributed by atoms with Gasteiger partial charge in [0.2, 0.25) is 0 Å². The second-order valence-corrected chi connectivity index (χ2v) is 4.17. The van der Waals surface area contributed by atoms with E-state index in [1.165, 1.54) is 0 Å². The van der Waals surface area contributed by atoms with Crippen molar-refractivity contribution in [3.8, 4) is 0 Å². The van der Waals surface area contributed by atoms with Crippen LogP contribution in [0.5, 0.6) is 0 Å². The van der Waals surface area contributed by atoms with Gasteiger partial charge in [0.25, 0.3) is 0 Å². The first-order chi connectivity index (χ1) is 8.31. The van der Waals surface area contributed by atoms with Gasteiger partial charge in [-0.15, -0.1) is 5.10 Å². The zero-order valence-electron chi connectivity index (χ0n) is 10.1. The standard InChI is InChI=1S/C13H18N4/c1-2-8-17-12(10-15-16-17)9-13(14)11-6-4-3-5-7-11/h3-7,10,13H,2,8-9,14H2,1H3. The molecule has 1 aromatic carbocycles. The van der Waals surface area contributed by atoms with Gasteiger partial charge in [0.15, 0.2) is 0 Å². The van der Waals surface area contributed by atoms with E-state index in [1.54, 1.807) is 6.20 Å². The van der Waals surface area contributed by atoms with Crippen molar-refractivity contribution in [2.75, 3.05) is 0 Å². The number of nitrogens with two attached hydrogens (primary N) is 1. The zero-order valence-corrected chi connectivity index (χ0v) is 10.1. The third-order valence-electron chi connectivity index (χ3n) is 2.79. The molecule has 0 fully saturated rings. The molecule has 0 amide bonds. The quantitative estimate of drug-likeness (QED) is 0.854. The van der Waals surface area contributed by atoms with Gasteiger partial charge >= 0.3 is 0 Å². The Hall–Kier alpha value is -1.68. The van der Waals surface area contributed by atoms with Crippen LogP contribution in [-0.2, 0) is 13.0 Å². The molecule has 4 nitrogen and oxygen atoms in total. The highest BCUT2D eigenvalue weighted by atomic mass is 15.4. The van der Waals surface area contributed by atoms with Crippen molar-refractivity contribution in [3.05, 3.63) is 47.8 Å². The molecule has 0 radical (unpaired) electrons. The molecule has 0 aliphatic carbocycles. The number of rotatable bonds is 5. The fourth-order valence-corrected chi connectivity index (χ4v) is 1.88. The van der Waals surface area contributed by atoms with E-state index >= 15 is 0 Å². The molecule has 0 saturated heterocycles. The summed E-state index contributed by atoms with van der Waals surface area (Å²) in [7, 11) is 0. The molecule has 0 aliphatic heterocycles. The third-order valence-corrected chi connectivity index (χ3v) is 2.79. The van der Waals surface area contributed by atoms with Crippen molar-refractivity contribution >= 4 is 0 Å². The number of aromatic nitrogens is 3. The van der Waals surface area contributed by atoms with Gasteiger partial charge in [-0.25, -0.2) is 4.68 Å². The largest absolute Gasteiger partial charge is 0.324 e. The number of hydrogen-bond acceptors (Lipinski definition) is 3. The fraction of sp³-hybridized carbons (Fsp3) is 0.385. The summed E-state index contributed by atoms with van der Waals surface area (Å²) in [5.41, 5.74) is 8.43. The molecule has 17 heavy (non-hydrogen) atoms. The van der Waals surface area contributed by atoms with E-state index in [9.17, 15) is 0 Å². The Morgan fingerprint density at radius 1 is 1.29 bits per heavy atom. The molecule has 0 spiro atoms. The van der Waals surface area contributed by atoms with Crippen molar-refractivity contribution in [2.45, 2.75) is 32.4 Å². The van der Waals surface area contributed by atoms with Crippen molar-refractivity contribution < 1.29 is 0 Å². The van der Waals surface area contributed by atoms with Gasteiger partial charge in [-0.05, 0) is 12.0 Å². The Kier molecular flexibility index (Phi) is 3.88. The maximum atomic E-state index is 6.18. The molecule has 2 rings (SSSR count). The summed E-state index contributed by atoms with van der Waals surface area (Å²) < 4.78 is 1.93. The molecule has 1 unspecified atom stereocenters. The van der Waals surface area contributed by atoms with E-state index in [0.717, 1.165) is 30.6 Å². The summed E-state index contributed by atoms with van der Waals surface area (Å²) >= 11 is 0. The van der Waals surface area contributed by atoms with Crippen molar-refractivity contribution in [3.63, 3.8) is 0 Å². The van der Waals surface area contributed by atoms with E-state index in [0.29, 0.717) is 0 Å². The van der Waals surface area contributed by atoms with E-state index in [4.69, 9.17) is 5.73 Å². The zero-order chi connectivity index (χ0) is 12.1. The van der Waals surface area contributed by atoms with Crippen LogP contribution in [-0.4, -0.2) is 15.0 Å². The average molecular weight is 230 g/mol. The van der Waals surface area contributed by atoms with Gasteiger partial charge < -0.3 is 5.73 Å². The monoisotopic (exact) mass is 230 g/mol. The van der Waals surface area contributed by atoms with Crippen LogP contribution in [0, 0.1) is 0 Å². The van der Waals surface area contributed by atoms with E-state index in [2.05, 4.69) is 29.4 Å². The van der Waals surface area contributed by atoms with Crippen molar-refractivity contribution in [2.24, 2.45) is 5.73 Å². The summed E-state index contributed by atoms with van der Waals surface area (Å²) in [6.07, 6.45) is 3.63. The maximum Gasteiger partial charge on any atom is 0.0725 e. The first-order valence-corrected chi connectivity index (χ1v) is 5.99. The molecular formula is C13H18N4. The van der Waals surface area contributed by atoms with Crippen LogP contribution in [0.3, 0.4) is 0 Å². The van der Waals surface area contributed by atoms with Crippen LogP contribution >= 0.6 is 0 Å². The predicted octanol–water partition coefficient (Wildman–Crippen LogP) is 1.93. The van der Waals surface area contributed by atoms with Crippen LogP contribution in [0.1, 0.15) is 30.6 Å². The minimum absolute atomic E-state index is 0.00491. The number of nitrogens with zero attached hydrogens (tertiary/aromatic N) is 3. The molecule has 1 heterocycles. The smallest absolute Gasteiger partial charge is 0.0725 e. The molecular weight excluding hydrogens is 212 g/mol. The molecule has 1 atom stereocenters. The minimum atomic E-state index is 0.00491. The van der Waals surface area contributed by atoms with Gasteiger partial charge in [-0.1, -0.05) is 42.5 Å². The van der Waals surface area contributed by atoms with Crippen molar-refractivity contribution in [1.29, 1.82) is 0 Å². The fourth-order valence-electron chi connectivity index (χ4n) is 1.88. The van der Waals surface area contributed by atoms with E-state index in [1.807, 2.05) is 22.9 Å². The van der Waals surface area contributed by atoms with Gasteiger partial charge in [0.1, 0.15) is 0 Å². The normalized spacial score (nSPS) is 12.6. The molecule has 0 bridgehead atoms. The lowest BCUT2D eigenvalue weighted by atomic mass is 10.0. The van der Waals surface area contributed by atoms with E-state index < -0.39 is 0 Å². The van der Waals surface area contributed by atoms with Crippen LogP contribution in [0.2, 0.25) is 0 Å². The van der Waals surface area contributed by atoms with Gasteiger partial charge in [-0.2, -0.15) is 0 Å². The van der Waals surface area contributed by atoms with Gasteiger partial charge in [0.05, 0.1) is 11.9 Å². The number of aryl methyl sites for hydroxylation is 1. The Bertz CT molecular complexity index is 449. The van der Waals surface area contributed by atoms with Crippen LogP contribution in [0.25, 0.3) is 0 Å². The summed E-state index contributed by atoms with van der Waals surface area (Å²) in [6, 6.07) is 10.1. The Balaban J connectivity index is 2.08. The SMILES string of the molecule is CCCn1nncc1CC(N)c1ccccc1. The Labute approximate surface area is 101 Å². The second-order valence-electron chi connectivity index (χ2n) is 4.17. The molecule has 2 aromatic rings. The minimum Gasteiger partial charge on any atom is -0.324 e. The molecule has 0 aliphatic rings. The molecule has 90 valence electrons. The van der Waals surface area contributed by atoms with Gasteiger partial charge in [0, 0.05) is 19.0 Å². The molecule has 4 heteroatoms. The Morgan fingerprint density at radius 2 is 2.06 bits per heavy atom. The molecule has 2 N–H and O–H groups in total. The van der Waals surface area contributed by atoms with Gasteiger partial charge in [-0.3, -0.25) is 0 Å². The number of hydrogen-bond donors (Lipinski definition) is 1. The lowest BCUT2D eigenvalue weighted by molar-refractivity contribution is 0.540. The van der Waals surface area contributed by atoms with Crippen LogP contribution < -0.4 is 5.73 Å². The first kappa shape index (κ1) is 11.8. The molecule has 0 saturated carbocycles. The maximum absolute atomic E-state index is 6.18. The highest BCUT2D eigenvalue weighted by Crippen LogP contribution is 2.15. The van der Waals surface area contributed by atoms with Crippen LogP contribution in [0.4, 0.5) is 0 Å². The summed E-state index contributed by atoms with van der Waals surface area (Å²) in [5.74, 6) is 0. The topological polar surface area (TPSA) is 56.7 Å². The highest BCUT2D eigenvalue weighted by molar-refractivity contribution is 5.20. The van der Waals surface area contributed by atoms with Crippen LogP contribution in [0.15, 0.2) is 36.5 Å². The van der Waals surface area contributed by atoms with Crippen molar-refractivity contribution in [1.82, 2.24) is 15.0 Å². The van der Waals surface area contributed by atoms with E-state index in [-0.39, 0.29) is 6.04 Å². The third kappa shape index (κ3) is 2.91. The summed E-state index contributed by atoms with van der Waals surface area (Å²) in [5, 5.41) is 8.01. The predicted molar refractivity (Wildman–Crippen MR) is 67.4 cm³/mol. The average Bonchev–Trinajstić information content (AvgIpc) is 2.78. The summed E-state index contributed by atoms with van der Waals surface area (Å²) in [6.45, 7) is 3.03. The Morgan fingerprint density at radius 3 is 2.76 bits per heavy atom. The second kappa shape index (κ2) is 5.59. The number of benzene rings is 1. The lowest BCUT2D eigenvalue weighted by Crippen LogP contribution is -2.16. The summed E-state index contributed by atoms with van der Waals surface area (Å²) in [4.78, 5) is 0. The highest BCUT2D eigenvalue weighted by Gasteiger charge is 2.10. The first-order valence-electron chi connectivity index (χ1n) is 5.99. The molecule has 1 aromatic heterocycles. The lowest BCUT2D eigenvalue weighted by Gasteiger charge is -2.12.